The normalized spacial score (nSPS) is 25.5. The summed E-state index contributed by atoms with van der Waals surface area (Å²) in [7, 11) is 0. The summed E-state index contributed by atoms with van der Waals surface area (Å²) in [5.41, 5.74) is 1.44. The summed E-state index contributed by atoms with van der Waals surface area (Å²) in [6.07, 6.45) is 5.70. The second-order valence-electron chi connectivity index (χ2n) is 5.80. The average molecular weight is 292 g/mol. The third kappa shape index (κ3) is 1.68. The van der Waals surface area contributed by atoms with Crippen LogP contribution in [0.1, 0.15) is 42.7 Å². The smallest absolute Gasteiger partial charge is 0.263 e. The Bertz CT molecular complexity index is 783. The summed E-state index contributed by atoms with van der Waals surface area (Å²) >= 11 is 7.12. The topological polar surface area (TPSA) is 37.8 Å². The molecule has 0 radical (unpaired) electrons. The molecule has 2 heterocycles. The van der Waals surface area contributed by atoms with Gasteiger partial charge in [0.2, 0.25) is 0 Å². The highest BCUT2D eigenvalue weighted by Gasteiger charge is 2.36. The van der Waals surface area contributed by atoms with Crippen LogP contribution in [0.4, 0.5) is 0 Å². The molecule has 2 aromatic rings. The molecule has 5 heteroatoms. The van der Waals surface area contributed by atoms with Crippen molar-refractivity contribution in [3.8, 4) is 0 Å². The van der Waals surface area contributed by atoms with E-state index in [4.69, 9.17) is 12.2 Å². The first-order valence-corrected chi connectivity index (χ1v) is 8.18. The second-order valence-corrected chi connectivity index (χ2v) is 7.29. The molecule has 0 amide bonds. The van der Waals surface area contributed by atoms with E-state index in [0.29, 0.717) is 16.7 Å². The molecule has 0 aliphatic heterocycles. The Morgan fingerprint density at radius 1 is 1.37 bits per heavy atom. The minimum absolute atomic E-state index is 0.146. The van der Waals surface area contributed by atoms with Gasteiger partial charge in [-0.15, -0.1) is 11.3 Å². The van der Waals surface area contributed by atoms with Crippen LogP contribution in [-0.2, 0) is 12.8 Å². The molecule has 0 aromatic carbocycles. The van der Waals surface area contributed by atoms with Gasteiger partial charge in [0, 0.05) is 10.9 Å². The van der Waals surface area contributed by atoms with E-state index >= 15 is 0 Å². The number of aromatic nitrogens is 2. The lowest BCUT2D eigenvalue weighted by atomic mass is 9.97. The van der Waals surface area contributed by atoms with Gasteiger partial charge in [0.1, 0.15) is 4.83 Å². The van der Waals surface area contributed by atoms with Crippen molar-refractivity contribution >= 4 is 33.8 Å². The molecule has 1 N–H and O–H groups in total. The number of fused-ring (bicyclic) bond motifs is 3. The Labute approximate surface area is 120 Å². The van der Waals surface area contributed by atoms with Crippen molar-refractivity contribution < 1.29 is 0 Å². The van der Waals surface area contributed by atoms with Crippen LogP contribution in [0.25, 0.3) is 10.2 Å². The van der Waals surface area contributed by atoms with Crippen molar-refractivity contribution in [1.82, 2.24) is 9.55 Å². The second kappa shape index (κ2) is 4.03. The lowest BCUT2D eigenvalue weighted by molar-refractivity contribution is 0.641. The Kier molecular flexibility index (Phi) is 2.51. The molecule has 1 fully saturated rings. The molecule has 0 bridgehead atoms. The van der Waals surface area contributed by atoms with Crippen LogP contribution in [0, 0.1) is 10.7 Å². The third-order valence-electron chi connectivity index (χ3n) is 4.44. The first-order valence-electron chi connectivity index (χ1n) is 6.96. The summed E-state index contributed by atoms with van der Waals surface area (Å²) in [6, 6.07) is 0.319. The van der Waals surface area contributed by atoms with Crippen LogP contribution in [-0.4, -0.2) is 9.55 Å². The highest BCUT2D eigenvalue weighted by Crippen LogP contribution is 2.42. The van der Waals surface area contributed by atoms with E-state index < -0.39 is 0 Å². The van der Waals surface area contributed by atoms with Crippen molar-refractivity contribution in [3.05, 3.63) is 25.6 Å². The Hall–Kier alpha value is -0.940. The van der Waals surface area contributed by atoms with E-state index in [1.165, 1.54) is 23.3 Å². The fourth-order valence-electron chi connectivity index (χ4n) is 3.21. The monoisotopic (exact) mass is 292 g/mol. The Morgan fingerprint density at radius 3 is 2.84 bits per heavy atom. The first kappa shape index (κ1) is 11.9. The quantitative estimate of drug-likeness (QED) is 0.816. The number of nitrogens with one attached hydrogen (secondary N) is 1. The molecule has 2 aromatic heterocycles. The molecular weight excluding hydrogens is 276 g/mol. The first-order chi connectivity index (χ1) is 9.16. The van der Waals surface area contributed by atoms with E-state index in [9.17, 15) is 4.79 Å². The molecular formula is C14H16N2OS2. The van der Waals surface area contributed by atoms with E-state index in [2.05, 4.69) is 11.9 Å². The summed E-state index contributed by atoms with van der Waals surface area (Å²) in [5, 5.41) is 0.924. The van der Waals surface area contributed by atoms with Gasteiger partial charge in [-0.05, 0) is 55.8 Å². The van der Waals surface area contributed by atoms with Crippen LogP contribution in [0.3, 0.4) is 0 Å². The number of nitrogens with zero attached hydrogens (tertiary/aromatic N) is 1. The van der Waals surface area contributed by atoms with Gasteiger partial charge < -0.3 is 4.98 Å². The average Bonchev–Trinajstić information content (AvgIpc) is 2.97. The molecule has 100 valence electrons. The van der Waals surface area contributed by atoms with Crippen LogP contribution in [0.2, 0.25) is 0 Å². The summed E-state index contributed by atoms with van der Waals surface area (Å²) < 4.78 is 2.43. The highest BCUT2D eigenvalue weighted by atomic mass is 32.1. The predicted octanol–water partition coefficient (Wildman–Crippen LogP) is 3.58. The van der Waals surface area contributed by atoms with Gasteiger partial charge in [-0.3, -0.25) is 9.36 Å². The molecule has 3 nitrogen and oxygen atoms in total. The zero-order chi connectivity index (χ0) is 13.1. The zero-order valence-electron chi connectivity index (χ0n) is 10.9. The molecule has 2 unspecified atom stereocenters. The van der Waals surface area contributed by atoms with Crippen molar-refractivity contribution in [3.63, 3.8) is 0 Å². The lowest BCUT2D eigenvalue weighted by Gasteiger charge is -2.10. The number of thiophene rings is 1. The largest absolute Gasteiger partial charge is 0.323 e. The van der Waals surface area contributed by atoms with Gasteiger partial charge in [0.05, 0.1) is 5.39 Å². The molecule has 2 aliphatic carbocycles. The molecule has 0 spiro atoms. The maximum atomic E-state index is 12.8. The molecule has 0 saturated heterocycles. The van der Waals surface area contributed by atoms with Gasteiger partial charge >= 0.3 is 0 Å². The molecule has 2 atom stereocenters. The predicted molar refractivity (Wildman–Crippen MR) is 80.7 cm³/mol. The lowest BCUT2D eigenvalue weighted by Crippen LogP contribution is -2.22. The summed E-state index contributed by atoms with van der Waals surface area (Å²) in [6.45, 7) is 2.18. The summed E-state index contributed by atoms with van der Waals surface area (Å²) in [4.78, 5) is 18.5. The van der Waals surface area contributed by atoms with E-state index in [1.807, 2.05) is 4.57 Å². The molecule has 1 saturated carbocycles. The minimum Gasteiger partial charge on any atom is -0.323 e. The van der Waals surface area contributed by atoms with Gasteiger partial charge in [-0.2, -0.15) is 0 Å². The number of aromatic amines is 1. The number of H-pyrrole nitrogens is 1. The molecule has 19 heavy (non-hydrogen) atoms. The van der Waals surface area contributed by atoms with Gasteiger partial charge in [-0.25, -0.2) is 0 Å². The van der Waals surface area contributed by atoms with Gasteiger partial charge in [0.15, 0.2) is 4.77 Å². The fourth-order valence-corrected chi connectivity index (χ4v) is 4.88. The van der Waals surface area contributed by atoms with Crippen molar-refractivity contribution in [2.24, 2.45) is 5.92 Å². The van der Waals surface area contributed by atoms with Gasteiger partial charge in [0.25, 0.3) is 5.56 Å². The van der Waals surface area contributed by atoms with Crippen molar-refractivity contribution in [1.29, 1.82) is 0 Å². The van der Waals surface area contributed by atoms with Crippen LogP contribution in [0.15, 0.2) is 4.79 Å². The van der Waals surface area contributed by atoms with Crippen LogP contribution >= 0.6 is 23.6 Å². The van der Waals surface area contributed by atoms with E-state index in [1.54, 1.807) is 11.3 Å². The number of aryl methyl sites for hydroxylation is 2. The van der Waals surface area contributed by atoms with Crippen molar-refractivity contribution in [2.45, 2.75) is 45.1 Å². The molecule has 4 rings (SSSR count). The standard InChI is InChI=1S/C14H16N2OS2/c1-7-6-9(7)16-13(17)11-8-4-2-3-5-10(8)19-12(11)15-14(16)18/h7,9H,2-6H2,1H3,(H,15,18). The van der Waals surface area contributed by atoms with Gasteiger partial charge in [-0.1, -0.05) is 6.92 Å². The maximum Gasteiger partial charge on any atom is 0.263 e. The zero-order valence-corrected chi connectivity index (χ0v) is 12.5. The fraction of sp³-hybridized carbons (Fsp3) is 0.571. The number of hydrogen-bond donors (Lipinski definition) is 1. The van der Waals surface area contributed by atoms with Crippen LogP contribution < -0.4 is 5.56 Å². The number of hydrogen-bond acceptors (Lipinski definition) is 3. The maximum absolute atomic E-state index is 12.8. The van der Waals surface area contributed by atoms with Crippen molar-refractivity contribution in [2.75, 3.05) is 0 Å². The van der Waals surface area contributed by atoms with Crippen LogP contribution in [0.5, 0.6) is 0 Å². The Morgan fingerprint density at radius 2 is 2.11 bits per heavy atom. The van der Waals surface area contributed by atoms with E-state index in [0.717, 1.165) is 29.5 Å². The summed E-state index contributed by atoms with van der Waals surface area (Å²) in [5.74, 6) is 0.583. The molecule has 2 aliphatic rings. The number of rotatable bonds is 1. The highest BCUT2D eigenvalue weighted by molar-refractivity contribution is 7.71. The Balaban J connectivity index is 2.06. The third-order valence-corrected chi connectivity index (χ3v) is 5.95. The van der Waals surface area contributed by atoms with E-state index in [-0.39, 0.29) is 5.56 Å². The SMILES string of the molecule is CC1CC1n1c(=S)[nH]c2sc3c(c2c1=O)CCCC3. The minimum atomic E-state index is 0.146.